The maximum atomic E-state index is 12.0. The number of phenols is 1. The quantitative estimate of drug-likeness (QED) is 0.785. The van der Waals surface area contributed by atoms with Gasteiger partial charge in [0.15, 0.2) is 0 Å². The van der Waals surface area contributed by atoms with Crippen molar-refractivity contribution < 1.29 is 9.90 Å². The molecule has 1 unspecified atom stereocenters. The minimum absolute atomic E-state index is 0.0145. The maximum Gasteiger partial charge on any atom is 0.255 e. The van der Waals surface area contributed by atoms with Crippen LogP contribution in [-0.4, -0.2) is 23.6 Å². The minimum Gasteiger partial charge on any atom is -0.506 e. The first kappa shape index (κ1) is 13.4. The molecule has 0 aliphatic carbocycles. The smallest absolute Gasteiger partial charge is 0.255 e. The van der Waals surface area contributed by atoms with Gasteiger partial charge in [0, 0.05) is 18.0 Å². The second-order valence-electron chi connectivity index (χ2n) is 4.56. The summed E-state index contributed by atoms with van der Waals surface area (Å²) < 4.78 is 0. The molecule has 0 bridgehead atoms. The summed E-state index contributed by atoms with van der Waals surface area (Å²) in [5.41, 5.74) is 6.03. The third-order valence-corrected chi connectivity index (χ3v) is 3.19. The van der Waals surface area contributed by atoms with Crippen LogP contribution in [0, 0.1) is 0 Å². The molecule has 0 radical (unpaired) electrons. The van der Waals surface area contributed by atoms with E-state index in [1.54, 1.807) is 12.1 Å². The first-order chi connectivity index (χ1) is 9.13. The van der Waals surface area contributed by atoms with Crippen molar-refractivity contribution in [1.29, 1.82) is 0 Å². The largest absolute Gasteiger partial charge is 0.506 e. The molecule has 100 valence electrons. The van der Waals surface area contributed by atoms with Crippen LogP contribution < -0.4 is 11.1 Å². The van der Waals surface area contributed by atoms with Crippen molar-refractivity contribution in [2.75, 3.05) is 6.54 Å². The molecule has 2 aromatic rings. The Kier molecular flexibility index (Phi) is 4.02. The number of carbonyl (C=O) groups excluding carboxylic acids is 1. The number of rotatable bonds is 4. The molecule has 0 heterocycles. The Hall–Kier alpha value is -2.07. The minimum atomic E-state index is -0.299. The first-order valence-electron chi connectivity index (χ1n) is 6.38. The number of carbonyl (C=O) groups is 1. The Balaban J connectivity index is 2.25. The molecular formula is C15H18N2O2. The van der Waals surface area contributed by atoms with Gasteiger partial charge in [-0.3, -0.25) is 4.79 Å². The highest BCUT2D eigenvalue weighted by Gasteiger charge is 2.13. The van der Waals surface area contributed by atoms with E-state index in [4.69, 9.17) is 5.73 Å². The van der Waals surface area contributed by atoms with E-state index in [1.165, 1.54) is 0 Å². The predicted octanol–water partition coefficient (Wildman–Crippen LogP) is 2.01. The summed E-state index contributed by atoms with van der Waals surface area (Å²) in [6.07, 6.45) is 0.796. The number of benzene rings is 2. The number of aromatic hydroxyl groups is 1. The zero-order valence-electron chi connectivity index (χ0n) is 10.9. The highest BCUT2D eigenvalue weighted by atomic mass is 16.3. The predicted molar refractivity (Wildman–Crippen MR) is 76.2 cm³/mol. The molecule has 0 spiro atoms. The molecule has 2 aromatic carbocycles. The van der Waals surface area contributed by atoms with Gasteiger partial charge >= 0.3 is 0 Å². The third kappa shape index (κ3) is 2.85. The van der Waals surface area contributed by atoms with E-state index in [1.807, 2.05) is 31.2 Å². The summed E-state index contributed by atoms with van der Waals surface area (Å²) in [6.45, 7) is 2.37. The molecule has 0 saturated carbocycles. The Morgan fingerprint density at radius 3 is 2.79 bits per heavy atom. The van der Waals surface area contributed by atoms with E-state index in [0.29, 0.717) is 11.9 Å². The Labute approximate surface area is 112 Å². The van der Waals surface area contributed by atoms with E-state index < -0.39 is 0 Å². The van der Waals surface area contributed by atoms with Crippen molar-refractivity contribution in [2.24, 2.45) is 5.73 Å². The molecule has 1 atom stereocenters. The Morgan fingerprint density at radius 1 is 1.32 bits per heavy atom. The van der Waals surface area contributed by atoms with Gasteiger partial charge in [0.1, 0.15) is 5.75 Å². The lowest BCUT2D eigenvalue weighted by Crippen LogP contribution is -2.36. The van der Waals surface area contributed by atoms with E-state index >= 15 is 0 Å². The zero-order valence-corrected chi connectivity index (χ0v) is 10.9. The van der Waals surface area contributed by atoms with E-state index in [-0.39, 0.29) is 23.3 Å². The summed E-state index contributed by atoms with van der Waals surface area (Å²) in [7, 11) is 0. The van der Waals surface area contributed by atoms with Crippen molar-refractivity contribution in [2.45, 2.75) is 19.4 Å². The standard InChI is InChI=1S/C15H18N2O2/c1-2-11(16)9-17-15(19)13-8-7-10-5-3-4-6-12(10)14(13)18/h3-8,11,18H,2,9,16H2,1H3,(H,17,19). The molecule has 4 nitrogen and oxygen atoms in total. The molecule has 0 fully saturated rings. The highest BCUT2D eigenvalue weighted by Crippen LogP contribution is 2.28. The lowest BCUT2D eigenvalue weighted by Gasteiger charge is -2.12. The van der Waals surface area contributed by atoms with Crippen molar-refractivity contribution >= 4 is 16.7 Å². The van der Waals surface area contributed by atoms with Gasteiger partial charge in [-0.25, -0.2) is 0 Å². The molecule has 0 aliphatic heterocycles. The van der Waals surface area contributed by atoms with Crippen molar-refractivity contribution in [3.05, 3.63) is 42.0 Å². The third-order valence-electron chi connectivity index (χ3n) is 3.19. The summed E-state index contributed by atoms with van der Waals surface area (Å²) in [6, 6.07) is 10.8. The van der Waals surface area contributed by atoms with Crippen LogP contribution in [0.25, 0.3) is 10.8 Å². The van der Waals surface area contributed by atoms with Crippen LogP contribution in [0.4, 0.5) is 0 Å². The number of amides is 1. The van der Waals surface area contributed by atoms with E-state index in [2.05, 4.69) is 5.32 Å². The second-order valence-corrected chi connectivity index (χ2v) is 4.56. The monoisotopic (exact) mass is 258 g/mol. The number of hydrogen-bond donors (Lipinski definition) is 3. The molecular weight excluding hydrogens is 240 g/mol. The van der Waals surface area contributed by atoms with Crippen LogP contribution in [0.2, 0.25) is 0 Å². The molecule has 4 N–H and O–H groups in total. The van der Waals surface area contributed by atoms with Crippen molar-refractivity contribution in [3.63, 3.8) is 0 Å². The highest BCUT2D eigenvalue weighted by molar-refractivity contribution is 6.03. The van der Waals surface area contributed by atoms with Gasteiger partial charge < -0.3 is 16.2 Å². The van der Waals surface area contributed by atoms with Crippen LogP contribution in [0.15, 0.2) is 36.4 Å². The molecule has 1 amide bonds. The average molecular weight is 258 g/mol. The fourth-order valence-corrected chi connectivity index (χ4v) is 1.90. The van der Waals surface area contributed by atoms with Gasteiger partial charge in [-0.05, 0) is 17.9 Å². The first-order valence-corrected chi connectivity index (χ1v) is 6.38. The fourth-order valence-electron chi connectivity index (χ4n) is 1.90. The van der Waals surface area contributed by atoms with Crippen LogP contribution in [0.3, 0.4) is 0 Å². The Bertz CT molecular complexity index is 596. The van der Waals surface area contributed by atoms with Crippen molar-refractivity contribution in [1.82, 2.24) is 5.32 Å². The van der Waals surface area contributed by atoms with Crippen LogP contribution in [-0.2, 0) is 0 Å². The Morgan fingerprint density at radius 2 is 2.05 bits per heavy atom. The van der Waals surface area contributed by atoms with Gasteiger partial charge in [-0.15, -0.1) is 0 Å². The summed E-state index contributed by atoms with van der Waals surface area (Å²) >= 11 is 0. The summed E-state index contributed by atoms with van der Waals surface area (Å²) in [5.74, 6) is -0.284. The lowest BCUT2D eigenvalue weighted by atomic mass is 10.0. The van der Waals surface area contributed by atoms with Gasteiger partial charge in [0.25, 0.3) is 5.91 Å². The maximum absolute atomic E-state index is 12.0. The topological polar surface area (TPSA) is 75.3 Å². The number of phenolic OH excluding ortho intramolecular Hbond substituents is 1. The molecule has 4 heteroatoms. The fraction of sp³-hybridized carbons (Fsp3) is 0.267. The lowest BCUT2D eigenvalue weighted by molar-refractivity contribution is 0.0948. The van der Waals surface area contributed by atoms with E-state index in [0.717, 1.165) is 11.8 Å². The van der Waals surface area contributed by atoms with Crippen molar-refractivity contribution in [3.8, 4) is 5.75 Å². The van der Waals surface area contributed by atoms with Gasteiger partial charge in [0.05, 0.1) is 5.56 Å². The average Bonchev–Trinajstić information content (AvgIpc) is 2.45. The summed E-state index contributed by atoms with van der Waals surface area (Å²) in [4.78, 5) is 12.0. The zero-order chi connectivity index (χ0) is 13.8. The van der Waals surface area contributed by atoms with Gasteiger partial charge in [0.2, 0.25) is 0 Å². The van der Waals surface area contributed by atoms with Crippen LogP contribution in [0.5, 0.6) is 5.75 Å². The number of nitrogens with two attached hydrogens (primary N) is 1. The normalized spacial score (nSPS) is 12.3. The SMILES string of the molecule is CCC(N)CNC(=O)c1ccc2ccccc2c1O. The second kappa shape index (κ2) is 5.71. The van der Waals surface area contributed by atoms with Crippen LogP contribution >= 0.6 is 0 Å². The van der Waals surface area contributed by atoms with Gasteiger partial charge in [-0.1, -0.05) is 37.3 Å². The summed E-state index contributed by atoms with van der Waals surface area (Å²) in [5, 5.41) is 14.5. The number of fused-ring (bicyclic) bond motifs is 1. The van der Waals surface area contributed by atoms with Crippen LogP contribution in [0.1, 0.15) is 23.7 Å². The van der Waals surface area contributed by atoms with Gasteiger partial charge in [-0.2, -0.15) is 0 Å². The molecule has 19 heavy (non-hydrogen) atoms. The molecule has 0 aromatic heterocycles. The number of hydrogen-bond acceptors (Lipinski definition) is 3. The number of nitrogens with one attached hydrogen (secondary N) is 1. The molecule has 0 aliphatic rings. The molecule has 0 saturated heterocycles. The molecule has 2 rings (SSSR count). The van der Waals surface area contributed by atoms with E-state index in [9.17, 15) is 9.90 Å².